The van der Waals surface area contributed by atoms with Gasteiger partial charge in [0, 0.05) is 5.54 Å². The number of anilines is 1. The summed E-state index contributed by atoms with van der Waals surface area (Å²) in [6.07, 6.45) is -0.138. The van der Waals surface area contributed by atoms with Crippen LogP contribution in [-0.2, 0) is 4.79 Å². The summed E-state index contributed by atoms with van der Waals surface area (Å²) in [6.45, 7) is 9.59. The van der Waals surface area contributed by atoms with Crippen LogP contribution < -0.4 is 15.4 Å². The Morgan fingerprint density at radius 2 is 1.78 bits per heavy atom. The van der Waals surface area contributed by atoms with Gasteiger partial charge in [-0.1, -0.05) is 31.2 Å². The van der Waals surface area contributed by atoms with Gasteiger partial charge in [0.2, 0.25) is 0 Å². The Morgan fingerprint density at radius 3 is 2.41 bits per heavy atom. The lowest BCUT2D eigenvalue weighted by Crippen LogP contribution is -2.41. The molecule has 0 heterocycles. The molecule has 0 aliphatic rings. The summed E-state index contributed by atoms with van der Waals surface area (Å²) >= 11 is 0. The molecule has 0 bridgehead atoms. The van der Waals surface area contributed by atoms with Gasteiger partial charge in [-0.3, -0.25) is 9.59 Å². The van der Waals surface area contributed by atoms with Crippen LogP contribution in [0.4, 0.5) is 5.69 Å². The van der Waals surface area contributed by atoms with E-state index in [1.54, 1.807) is 24.3 Å². The van der Waals surface area contributed by atoms with Gasteiger partial charge < -0.3 is 15.4 Å². The lowest BCUT2D eigenvalue weighted by molar-refractivity contribution is -0.122. The smallest absolute Gasteiger partial charge is 0.265 e. The molecule has 5 nitrogen and oxygen atoms in total. The van der Waals surface area contributed by atoms with Crippen LogP contribution >= 0.6 is 0 Å². The summed E-state index contributed by atoms with van der Waals surface area (Å²) in [5.41, 5.74) is 1.59. The van der Waals surface area contributed by atoms with Gasteiger partial charge in [-0.2, -0.15) is 0 Å². The van der Waals surface area contributed by atoms with Crippen LogP contribution in [0.25, 0.3) is 0 Å². The predicted octanol–water partition coefficient (Wildman–Crippen LogP) is 4.32. The van der Waals surface area contributed by atoms with Crippen LogP contribution in [0.5, 0.6) is 5.75 Å². The minimum atomic E-state index is -0.648. The number of para-hydroxylation sites is 1. The third-order valence-corrected chi connectivity index (χ3v) is 3.85. The maximum Gasteiger partial charge on any atom is 0.265 e. The highest BCUT2D eigenvalue weighted by atomic mass is 16.5. The van der Waals surface area contributed by atoms with Crippen molar-refractivity contribution < 1.29 is 14.3 Å². The van der Waals surface area contributed by atoms with E-state index in [4.69, 9.17) is 4.74 Å². The van der Waals surface area contributed by atoms with E-state index >= 15 is 0 Å². The summed E-state index contributed by atoms with van der Waals surface area (Å²) < 4.78 is 5.85. The van der Waals surface area contributed by atoms with Gasteiger partial charge in [-0.15, -0.1) is 0 Å². The van der Waals surface area contributed by atoms with Crippen LogP contribution in [-0.4, -0.2) is 23.5 Å². The van der Waals surface area contributed by atoms with Gasteiger partial charge >= 0.3 is 0 Å². The molecular formula is C22H28N2O3. The van der Waals surface area contributed by atoms with E-state index in [9.17, 15) is 9.59 Å². The molecule has 0 aromatic heterocycles. The van der Waals surface area contributed by atoms with Crippen molar-refractivity contribution in [1.29, 1.82) is 0 Å². The molecule has 0 radical (unpaired) electrons. The summed E-state index contributed by atoms with van der Waals surface area (Å²) in [7, 11) is 0. The van der Waals surface area contributed by atoms with E-state index in [0.717, 1.165) is 5.56 Å². The zero-order chi connectivity index (χ0) is 20.0. The highest BCUT2D eigenvalue weighted by molar-refractivity contribution is 6.04. The number of hydrogen-bond acceptors (Lipinski definition) is 3. The molecule has 0 aliphatic carbocycles. The van der Waals surface area contributed by atoms with Gasteiger partial charge in [-0.25, -0.2) is 0 Å². The Bertz CT molecular complexity index is 809. The lowest BCUT2D eigenvalue weighted by atomic mass is 10.1. The second-order valence-electron chi connectivity index (χ2n) is 7.57. The first-order valence-electron chi connectivity index (χ1n) is 9.15. The van der Waals surface area contributed by atoms with Gasteiger partial charge in [0.05, 0.1) is 11.3 Å². The molecule has 2 N–H and O–H groups in total. The van der Waals surface area contributed by atoms with Gasteiger partial charge in [-0.05, 0) is 63.9 Å². The van der Waals surface area contributed by atoms with E-state index in [1.807, 2.05) is 58.9 Å². The van der Waals surface area contributed by atoms with Crippen molar-refractivity contribution in [3.8, 4) is 5.75 Å². The normalized spacial score (nSPS) is 12.2. The molecule has 2 aromatic carbocycles. The fourth-order valence-corrected chi connectivity index (χ4v) is 2.59. The van der Waals surface area contributed by atoms with Crippen LogP contribution in [0.3, 0.4) is 0 Å². The molecule has 0 fully saturated rings. The number of hydrogen-bond donors (Lipinski definition) is 2. The van der Waals surface area contributed by atoms with Gasteiger partial charge in [0.1, 0.15) is 5.75 Å². The third kappa shape index (κ3) is 6.13. The Morgan fingerprint density at radius 1 is 1.07 bits per heavy atom. The molecule has 2 aromatic rings. The summed E-state index contributed by atoms with van der Waals surface area (Å²) in [4.78, 5) is 25.3. The lowest BCUT2D eigenvalue weighted by Gasteiger charge is -2.22. The quantitative estimate of drug-likeness (QED) is 0.798. The van der Waals surface area contributed by atoms with Crippen molar-refractivity contribution in [2.75, 3.05) is 5.32 Å². The Labute approximate surface area is 161 Å². The molecule has 0 spiro atoms. The van der Waals surface area contributed by atoms with Crippen molar-refractivity contribution in [3.63, 3.8) is 0 Å². The highest BCUT2D eigenvalue weighted by Gasteiger charge is 2.22. The molecule has 0 aliphatic heterocycles. The number of amides is 2. The molecule has 0 saturated carbocycles. The zero-order valence-corrected chi connectivity index (χ0v) is 16.6. The number of ether oxygens (including phenoxy) is 1. The molecule has 27 heavy (non-hydrogen) atoms. The Hall–Kier alpha value is -2.82. The number of carbonyl (C=O) groups is 2. The van der Waals surface area contributed by atoms with E-state index in [-0.39, 0.29) is 17.4 Å². The molecule has 144 valence electrons. The van der Waals surface area contributed by atoms with Gasteiger partial charge in [0.15, 0.2) is 6.10 Å². The topological polar surface area (TPSA) is 67.4 Å². The van der Waals surface area contributed by atoms with Crippen molar-refractivity contribution >= 4 is 17.5 Å². The second kappa shape index (κ2) is 8.71. The Kier molecular flexibility index (Phi) is 6.61. The fraction of sp³-hybridized carbons (Fsp3) is 0.364. The van der Waals surface area contributed by atoms with Crippen LogP contribution in [0.2, 0.25) is 0 Å². The number of carbonyl (C=O) groups excluding carboxylic acids is 2. The molecular weight excluding hydrogens is 340 g/mol. The third-order valence-electron chi connectivity index (χ3n) is 3.85. The van der Waals surface area contributed by atoms with Gasteiger partial charge in [0.25, 0.3) is 11.8 Å². The first-order chi connectivity index (χ1) is 12.7. The number of aryl methyl sites for hydroxylation is 1. The van der Waals surface area contributed by atoms with Crippen molar-refractivity contribution in [2.45, 2.75) is 52.7 Å². The number of nitrogens with one attached hydrogen (secondary N) is 2. The molecule has 1 atom stereocenters. The summed E-state index contributed by atoms with van der Waals surface area (Å²) in [5.74, 6) is 0.136. The standard InChI is InChI=1S/C22H28N2O3/c1-6-19(27-16-11-9-10-15(2)14-16)21(26)23-18-13-8-7-12-17(18)20(25)24-22(3,4)5/h7-14,19H,6H2,1-5H3,(H,23,26)(H,24,25)/t19-/m0/s1. The molecule has 2 rings (SSSR count). The van der Waals surface area contributed by atoms with Crippen molar-refractivity contribution in [1.82, 2.24) is 5.32 Å². The fourth-order valence-electron chi connectivity index (χ4n) is 2.59. The highest BCUT2D eigenvalue weighted by Crippen LogP contribution is 2.19. The maximum absolute atomic E-state index is 12.7. The van der Waals surface area contributed by atoms with E-state index in [0.29, 0.717) is 23.4 Å². The number of benzene rings is 2. The van der Waals surface area contributed by atoms with E-state index in [2.05, 4.69) is 10.6 Å². The first-order valence-corrected chi connectivity index (χ1v) is 9.15. The molecule has 2 amide bonds. The first kappa shape index (κ1) is 20.5. The monoisotopic (exact) mass is 368 g/mol. The molecule has 0 unspecified atom stereocenters. The minimum Gasteiger partial charge on any atom is -0.481 e. The SMILES string of the molecule is CC[C@H](Oc1cccc(C)c1)C(=O)Nc1ccccc1C(=O)NC(C)(C)C. The predicted molar refractivity (Wildman–Crippen MR) is 108 cm³/mol. The van der Waals surface area contributed by atoms with Crippen LogP contribution in [0.15, 0.2) is 48.5 Å². The van der Waals surface area contributed by atoms with E-state index < -0.39 is 6.10 Å². The largest absolute Gasteiger partial charge is 0.481 e. The summed E-state index contributed by atoms with van der Waals surface area (Å²) in [5, 5.41) is 5.76. The zero-order valence-electron chi connectivity index (χ0n) is 16.6. The molecule has 5 heteroatoms. The maximum atomic E-state index is 12.7. The average molecular weight is 368 g/mol. The van der Waals surface area contributed by atoms with Crippen molar-refractivity contribution in [2.24, 2.45) is 0 Å². The number of rotatable bonds is 6. The molecule has 0 saturated heterocycles. The van der Waals surface area contributed by atoms with E-state index in [1.165, 1.54) is 0 Å². The Balaban J connectivity index is 2.15. The average Bonchev–Trinajstić information content (AvgIpc) is 2.58. The minimum absolute atomic E-state index is 0.231. The second-order valence-corrected chi connectivity index (χ2v) is 7.57. The van der Waals surface area contributed by atoms with Crippen LogP contribution in [0.1, 0.15) is 50.0 Å². The summed E-state index contributed by atoms with van der Waals surface area (Å²) in [6, 6.07) is 14.5. The van der Waals surface area contributed by atoms with Crippen molar-refractivity contribution in [3.05, 3.63) is 59.7 Å². The van der Waals surface area contributed by atoms with Crippen LogP contribution in [0, 0.1) is 6.92 Å².